The number of hydrogen-bond donors (Lipinski definition) is 1. The van der Waals surface area contributed by atoms with E-state index in [4.69, 9.17) is 0 Å². The van der Waals surface area contributed by atoms with Gasteiger partial charge in [-0.1, -0.05) is 59.3 Å². The van der Waals surface area contributed by atoms with Gasteiger partial charge in [-0.2, -0.15) is 0 Å². The van der Waals surface area contributed by atoms with Crippen LogP contribution in [-0.2, 0) is 0 Å². The summed E-state index contributed by atoms with van der Waals surface area (Å²) in [6, 6.07) is 0. The molecule has 4 rings (SSSR count). The van der Waals surface area contributed by atoms with Gasteiger partial charge in [0.15, 0.2) is 0 Å². The van der Waals surface area contributed by atoms with Gasteiger partial charge in [0.05, 0.1) is 6.10 Å². The van der Waals surface area contributed by atoms with E-state index in [0.29, 0.717) is 16.7 Å². The minimum atomic E-state index is -0.172. The Kier molecular flexibility index (Phi) is 6.59. The van der Waals surface area contributed by atoms with Crippen molar-refractivity contribution < 1.29 is 5.11 Å². The van der Waals surface area contributed by atoms with Gasteiger partial charge in [0.1, 0.15) is 0 Å². The molecule has 0 aromatic heterocycles. The summed E-state index contributed by atoms with van der Waals surface area (Å²) < 4.78 is 0. The summed E-state index contributed by atoms with van der Waals surface area (Å²) in [6.07, 6.45) is 16.8. The fourth-order valence-corrected chi connectivity index (χ4v) is 9.33. The van der Waals surface area contributed by atoms with Crippen LogP contribution in [0.4, 0.5) is 0 Å². The predicted molar refractivity (Wildman–Crippen MR) is 133 cm³/mol. The Bertz CT molecular complexity index is 716. The van der Waals surface area contributed by atoms with Crippen LogP contribution in [0.3, 0.4) is 0 Å². The number of aliphatic hydroxyl groups excluding tert-OH is 1. The Morgan fingerprint density at radius 2 is 1.71 bits per heavy atom. The molecule has 31 heavy (non-hydrogen) atoms. The molecular formula is C30H50O. The number of hydrogen-bond acceptors (Lipinski definition) is 1. The molecule has 9 unspecified atom stereocenters. The van der Waals surface area contributed by atoms with Gasteiger partial charge in [-0.15, -0.1) is 0 Å². The molecule has 1 nitrogen and oxygen atoms in total. The summed E-state index contributed by atoms with van der Waals surface area (Å²) in [6.45, 7) is 17.1. The van der Waals surface area contributed by atoms with Gasteiger partial charge in [-0.25, -0.2) is 0 Å². The zero-order chi connectivity index (χ0) is 22.6. The lowest BCUT2D eigenvalue weighted by atomic mass is 9.46. The highest BCUT2D eigenvalue weighted by Crippen LogP contribution is 2.68. The van der Waals surface area contributed by atoms with Crippen LogP contribution in [0.15, 0.2) is 23.3 Å². The lowest BCUT2D eigenvalue weighted by molar-refractivity contribution is -0.0607. The molecule has 1 heteroatoms. The van der Waals surface area contributed by atoms with E-state index in [0.717, 1.165) is 41.9 Å². The Hall–Kier alpha value is -0.560. The van der Waals surface area contributed by atoms with Crippen LogP contribution in [0.1, 0.15) is 106 Å². The van der Waals surface area contributed by atoms with Crippen molar-refractivity contribution >= 4 is 0 Å². The Labute approximate surface area is 193 Å². The van der Waals surface area contributed by atoms with Gasteiger partial charge in [-0.3, -0.25) is 0 Å². The predicted octanol–water partition coefficient (Wildman–Crippen LogP) is 8.19. The van der Waals surface area contributed by atoms with Crippen molar-refractivity contribution in [2.75, 3.05) is 0 Å². The molecule has 176 valence electrons. The van der Waals surface area contributed by atoms with Crippen LogP contribution in [0.5, 0.6) is 0 Å². The topological polar surface area (TPSA) is 20.2 Å². The largest absolute Gasteiger partial charge is 0.389 e. The third-order valence-corrected chi connectivity index (χ3v) is 11.3. The average Bonchev–Trinajstić information content (AvgIpc) is 3.08. The van der Waals surface area contributed by atoms with E-state index >= 15 is 0 Å². The van der Waals surface area contributed by atoms with Gasteiger partial charge in [-0.05, 0) is 123 Å². The average molecular weight is 427 g/mol. The van der Waals surface area contributed by atoms with Crippen LogP contribution >= 0.6 is 0 Å². The van der Waals surface area contributed by atoms with Gasteiger partial charge < -0.3 is 5.11 Å². The second-order valence-electron chi connectivity index (χ2n) is 12.8. The molecule has 3 fully saturated rings. The summed E-state index contributed by atoms with van der Waals surface area (Å²) in [5, 5.41) is 10.5. The molecule has 0 amide bonds. The van der Waals surface area contributed by atoms with E-state index in [2.05, 4.69) is 60.6 Å². The number of allylic oxidation sites excluding steroid dienone is 3. The molecule has 0 aromatic carbocycles. The van der Waals surface area contributed by atoms with Crippen molar-refractivity contribution in [2.24, 2.45) is 52.3 Å². The van der Waals surface area contributed by atoms with E-state index in [9.17, 15) is 5.11 Å². The number of fused-ring (bicyclic) bond motifs is 5. The molecule has 0 radical (unpaired) electrons. The number of aliphatic hydroxyl groups is 1. The fourth-order valence-electron chi connectivity index (χ4n) is 9.33. The highest BCUT2D eigenvalue weighted by atomic mass is 16.3. The zero-order valence-electron chi connectivity index (χ0n) is 21.6. The van der Waals surface area contributed by atoms with Crippen LogP contribution < -0.4 is 0 Å². The lowest BCUT2D eigenvalue weighted by Gasteiger charge is -2.59. The Morgan fingerprint density at radius 3 is 2.39 bits per heavy atom. The summed E-state index contributed by atoms with van der Waals surface area (Å²) in [5.74, 6) is 5.74. The summed E-state index contributed by atoms with van der Waals surface area (Å²) in [5.41, 5.74) is 3.88. The van der Waals surface area contributed by atoms with Crippen molar-refractivity contribution in [1.29, 1.82) is 0 Å². The monoisotopic (exact) mass is 426 g/mol. The maximum atomic E-state index is 10.5. The van der Waals surface area contributed by atoms with Crippen molar-refractivity contribution in [3.05, 3.63) is 23.3 Å². The first-order chi connectivity index (χ1) is 14.6. The van der Waals surface area contributed by atoms with Crippen molar-refractivity contribution in [3.8, 4) is 0 Å². The molecule has 1 N–H and O–H groups in total. The first-order valence-corrected chi connectivity index (χ1v) is 13.7. The first-order valence-electron chi connectivity index (χ1n) is 13.7. The molecular weight excluding hydrogens is 376 g/mol. The van der Waals surface area contributed by atoms with Crippen LogP contribution in [0.2, 0.25) is 0 Å². The minimum Gasteiger partial charge on any atom is -0.389 e. The van der Waals surface area contributed by atoms with E-state index in [1.165, 1.54) is 56.9 Å². The quantitative estimate of drug-likeness (QED) is 0.439. The van der Waals surface area contributed by atoms with E-state index in [-0.39, 0.29) is 6.10 Å². The summed E-state index contributed by atoms with van der Waals surface area (Å²) in [7, 11) is 0. The molecule has 4 aliphatic rings. The zero-order valence-corrected chi connectivity index (χ0v) is 21.6. The van der Waals surface area contributed by atoms with Crippen molar-refractivity contribution in [3.63, 3.8) is 0 Å². The van der Waals surface area contributed by atoms with Crippen molar-refractivity contribution in [1.82, 2.24) is 0 Å². The van der Waals surface area contributed by atoms with E-state index in [1.54, 1.807) is 5.57 Å². The second-order valence-corrected chi connectivity index (χ2v) is 12.8. The molecule has 0 spiro atoms. The summed E-state index contributed by atoms with van der Waals surface area (Å²) >= 11 is 0. The third-order valence-electron chi connectivity index (χ3n) is 11.3. The standard InChI is InChI=1S/C30H50O/c1-8-22(19(2)3)10-9-20(4)24-13-14-26-23-11-12-25-21(5)28(31)16-18-30(25,7)27(23)15-17-29(24,26)6/h9-10,19-20,22-24,26-28,31H,8,11-18H2,1-7H3/b10-9+. The molecule has 3 saturated carbocycles. The van der Waals surface area contributed by atoms with Gasteiger partial charge >= 0.3 is 0 Å². The Morgan fingerprint density at radius 1 is 0.968 bits per heavy atom. The van der Waals surface area contributed by atoms with Gasteiger partial charge in [0.2, 0.25) is 0 Å². The fraction of sp³-hybridized carbons (Fsp3) is 0.867. The molecule has 0 bridgehead atoms. The van der Waals surface area contributed by atoms with Crippen LogP contribution in [0.25, 0.3) is 0 Å². The van der Waals surface area contributed by atoms with Crippen LogP contribution in [-0.4, -0.2) is 11.2 Å². The second kappa shape index (κ2) is 8.66. The van der Waals surface area contributed by atoms with Crippen LogP contribution in [0, 0.1) is 52.3 Å². The maximum Gasteiger partial charge on any atom is 0.0750 e. The number of rotatable bonds is 5. The highest BCUT2D eigenvalue weighted by molar-refractivity contribution is 5.31. The highest BCUT2D eigenvalue weighted by Gasteiger charge is 2.59. The van der Waals surface area contributed by atoms with Gasteiger partial charge in [0, 0.05) is 0 Å². The Balaban J connectivity index is 1.54. The molecule has 0 saturated heterocycles. The third kappa shape index (κ3) is 3.79. The maximum absolute atomic E-state index is 10.5. The SMILES string of the molecule is CCC(/C=C/C(C)C1CCC2C3CCC4=C(C)C(O)CCC4(C)C3CCC12C)C(C)C. The van der Waals surface area contributed by atoms with Gasteiger partial charge in [0.25, 0.3) is 0 Å². The van der Waals surface area contributed by atoms with E-state index in [1.807, 2.05) is 0 Å². The smallest absolute Gasteiger partial charge is 0.0750 e. The van der Waals surface area contributed by atoms with E-state index < -0.39 is 0 Å². The molecule has 4 aliphatic carbocycles. The minimum absolute atomic E-state index is 0.172. The first kappa shape index (κ1) is 23.6. The molecule has 0 aromatic rings. The molecule has 9 atom stereocenters. The normalized spacial score (nSPS) is 44.9. The molecule has 0 aliphatic heterocycles. The molecule has 0 heterocycles. The summed E-state index contributed by atoms with van der Waals surface area (Å²) in [4.78, 5) is 0. The van der Waals surface area contributed by atoms with Crippen molar-refractivity contribution in [2.45, 2.75) is 112 Å². The lowest BCUT2D eigenvalue weighted by Crippen LogP contribution is -2.51.